The fourth-order valence-corrected chi connectivity index (χ4v) is 3.44. The van der Waals surface area contributed by atoms with Gasteiger partial charge in [-0.15, -0.1) is 0 Å². The number of rotatable bonds is 5. The molecule has 1 N–H and O–H groups in total. The maximum atomic E-state index is 12.4. The minimum Gasteiger partial charge on any atom is -0.349 e. The van der Waals surface area contributed by atoms with Crippen LogP contribution in [0.4, 0.5) is 5.95 Å². The Kier molecular flexibility index (Phi) is 4.56. The molecule has 0 saturated carbocycles. The lowest BCUT2D eigenvalue weighted by atomic mass is 10.2. The summed E-state index contributed by atoms with van der Waals surface area (Å²) in [5, 5.41) is 4.12. The molecule has 1 saturated heterocycles. The molecule has 4 rings (SSSR count). The summed E-state index contributed by atoms with van der Waals surface area (Å²) in [6, 6.07) is 12.0. The van der Waals surface area contributed by atoms with Crippen molar-refractivity contribution in [2.24, 2.45) is 0 Å². The molecule has 1 aliphatic heterocycles. The number of nitrogens with zero attached hydrogens (tertiary/aromatic N) is 4. The predicted octanol–water partition coefficient (Wildman–Crippen LogP) is 2.66. The quantitative estimate of drug-likeness (QED) is 0.769. The Labute approximate surface area is 152 Å². The summed E-state index contributed by atoms with van der Waals surface area (Å²) in [6.07, 6.45) is 4.33. The molecule has 3 aromatic rings. The van der Waals surface area contributed by atoms with Gasteiger partial charge in [-0.05, 0) is 43.4 Å². The molecule has 1 aromatic carbocycles. The Morgan fingerprint density at radius 2 is 1.96 bits per heavy atom. The second-order valence-corrected chi connectivity index (χ2v) is 6.77. The van der Waals surface area contributed by atoms with E-state index in [2.05, 4.69) is 20.2 Å². The van der Waals surface area contributed by atoms with E-state index in [9.17, 15) is 4.79 Å². The molecule has 2 aromatic heterocycles. The Morgan fingerprint density at radius 3 is 2.81 bits per heavy atom. The normalized spacial score (nSPS) is 14.1. The summed E-state index contributed by atoms with van der Waals surface area (Å²) in [5.74, 6) is 0.758. The van der Waals surface area contributed by atoms with Crippen molar-refractivity contribution in [3.8, 4) is 0 Å². The predicted molar refractivity (Wildman–Crippen MR) is 102 cm³/mol. The third kappa shape index (κ3) is 3.54. The van der Waals surface area contributed by atoms with Crippen molar-refractivity contribution >= 4 is 22.8 Å². The molecule has 6 heteroatoms. The number of hydrogen-bond acceptors (Lipinski definition) is 4. The van der Waals surface area contributed by atoms with Gasteiger partial charge < -0.3 is 14.8 Å². The van der Waals surface area contributed by atoms with Crippen LogP contribution in [-0.4, -0.2) is 33.5 Å². The number of amides is 1. The van der Waals surface area contributed by atoms with Gasteiger partial charge in [0, 0.05) is 30.5 Å². The zero-order valence-electron chi connectivity index (χ0n) is 15.0. The first-order valence-electron chi connectivity index (χ1n) is 9.09. The van der Waals surface area contributed by atoms with Crippen molar-refractivity contribution < 1.29 is 4.79 Å². The van der Waals surface area contributed by atoms with Crippen molar-refractivity contribution in [1.29, 1.82) is 0 Å². The van der Waals surface area contributed by atoms with Crippen molar-refractivity contribution in [2.75, 3.05) is 18.0 Å². The van der Waals surface area contributed by atoms with Crippen molar-refractivity contribution in [3.63, 3.8) is 0 Å². The lowest BCUT2D eigenvalue weighted by molar-refractivity contribution is -0.121. The largest absolute Gasteiger partial charge is 0.349 e. The summed E-state index contributed by atoms with van der Waals surface area (Å²) in [4.78, 5) is 23.7. The number of aryl methyl sites for hydroxylation is 1. The van der Waals surface area contributed by atoms with Gasteiger partial charge in [-0.2, -0.15) is 0 Å². The highest BCUT2D eigenvalue weighted by molar-refractivity contribution is 5.83. The van der Waals surface area contributed by atoms with E-state index in [4.69, 9.17) is 0 Å². The number of nitrogens with one attached hydrogen (secondary N) is 1. The first-order chi connectivity index (χ1) is 12.7. The summed E-state index contributed by atoms with van der Waals surface area (Å²) in [7, 11) is 0. The summed E-state index contributed by atoms with van der Waals surface area (Å²) >= 11 is 0. The molecule has 0 bridgehead atoms. The first kappa shape index (κ1) is 16.6. The van der Waals surface area contributed by atoms with Gasteiger partial charge in [-0.1, -0.05) is 18.2 Å². The van der Waals surface area contributed by atoms with E-state index in [0.717, 1.165) is 41.3 Å². The highest BCUT2D eigenvalue weighted by Gasteiger charge is 2.16. The SMILES string of the molecule is Cc1cc(CNC(=O)Cn2ccc3ccccc32)nc(N2CCCC2)n1. The van der Waals surface area contributed by atoms with Gasteiger partial charge in [-0.3, -0.25) is 4.79 Å². The number of aromatic nitrogens is 3. The average molecular weight is 349 g/mol. The monoisotopic (exact) mass is 349 g/mol. The third-order valence-electron chi connectivity index (χ3n) is 4.75. The highest BCUT2D eigenvalue weighted by atomic mass is 16.1. The molecule has 1 amide bonds. The minimum absolute atomic E-state index is 0.0228. The maximum Gasteiger partial charge on any atom is 0.240 e. The van der Waals surface area contributed by atoms with Gasteiger partial charge in [0.15, 0.2) is 0 Å². The molecular weight excluding hydrogens is 326 g/mol. The van der Waals surface area contributed by atoms with E-state index in [0.29, 0.717) is 13.1 Å². The molecule has 1 fully saturated rings. The molecular formula is C20H23N5O. The van der Waals surface area contributed by atoms with E-state index in [1.54, 1.807) is 0 Å². The van der Waals surface area contributed by atoms with E-state index < -0.39 is 0 Å². The van der Waals surface area contributed by atoms with Crippen LogP contribution in [0.15, 0.2) is 42.6 Å². The van der Waals surface area contributed by atoms with Gasteiger partial charge in [0.05, 0.1) is 12.2 Å². The van der Waals surface area contributed by atoms with Gasteiger partial charge in [-0.25, -0.2) is 9.97 Å². The maximum absolute atomic E-state index is 12.4. The van der Waals surface area contributed by atoms with E-state index in [-0.39, 0.29) is 5.91 Å². The van der Waals surface area contributed by atoms with Crippen LogP contribution >= 0.6 is 0 Å². The molecule has 6 nitrogen and oxygen atoms in total. The number of anilines is 1. The number of fused-ring (bicyclic) bond motifs is 1. The van der Waals surface area contributed by atoms with E-state index in [1.165, 1.54) is 12.8 Å². The topological polar surface area (TPSA) is 63.1 Å². The summed E-state index contributed by atoms with van der Waals surface area (Å²) in [5.41, 5.74) is 2.85. The zero-order chi connectivity index (χ0) is 17.9. The number of carbonyl (C=O) groups is 1. The van der Waals surface area contributed by atoms with E-state index >= 15 is 0 Å². The molecule has 0 unspecified atom stereocenters. The van der Waals surface area contributed by atoms with Crippen LogP contribution in [0.2, 0.25) is 0 Å². The highest BCUT2D eigenvalue weighted by Crippen LogP contribution is 2.17. The molecule has 3 heterocycles. The van der Waals surface area contributed by atoms with Gasteiger partial charge in [0.1, 0.15) is 6.54 Å². The summed E-state index contributed by atoms with van der Waals surface area (Å²) < 4.78 is 1.96. The van der Waals surface area contributed by atoms with Crippen LogP contribution in [0.5, 0.6) is 0 Å². The van der Waals surface area contributed by atoms with Crippen molar-refractivity contribution in [3.05, 3.63) is 54.0 Å². The summed E-state index contributed by atoms with van der Waals surface area (Å²) in [6.45, 7) is 4.71. The molecule has 26 heavy (non-hydrogen) atoms. The van der Waals surface area contributed by atoms with Crippen LogP contribution in [-0.2, 0) is 17.9 Å². The standard InChI is InChI=1S/C20H23N5O/c1-15-12-17(23-20(22-15)24-9-4-5-10-24)13-21-19(26)14-25-11-8-16-6-2-3-7-18(16)25/h2-3,6-8,11-12H,4-5,9-10,13-14H2,1H3,(H,21,26). The molecule has 0 radical (unpaired) electrons. The second-order valence-electron chi connectivity index (χ2n) is 6.77. The number of benzene rings is 1. The van der Waals surface area contributed by atoms with Gasteiger partial charge >= 0.3 is 0 Å². The Morgan fingerprint density at radius 1 is 1.15 bits per heavy atom. The number of carbonyl (C=O) groups excluding carboxylic acids is 1. The second kappa shape index (κ2) is 7.15. The lowest BCUT2D eigenvalue weighted by Crippen LogP contribution is -2.28. The fourth-order valence-electron chi connectivity index (χ4n) is 3.44. The Bertz CT molecular complexity index is 927. The van der Waals surface area contributed by atoms with Crippen molar-refractivity contribution in [1.82, 2.24) is 19.9 Å². The van der Waals surface area contributed by atoms with E-state index in [1.807, 2.05) is 54.1 Å². The third-order valence-corrected chi connectivity index (χ3v) is 4.75. The average Bonchev–Trinajstić information content (AvgIpc) is 3.30. The van der Waals surface area contributed by atoms with Crippen LogP contribution in [0.25, 0.3) is 10.9 Å². The van der Waals surface area contributed by atoms with Gasteiger partial charge in [0.25, 0.3) is 0 Å². The van der Waals surface area contributed by atoms with Crippen LogP contribution in [0.3, 0.4) is 0 Å². The van der Waals surface area contributed by atoms with Crippen molar-refractivity contribution in [2.45, 2.75) is 32.9 Å². The molecule has 134 valence electrons. The van der Waals surface area contributed by atoms with Crippen LogP contribution in [0, 0.1) is 6.92 Å². The fraction of sp³-hybridized carbons (Fsp3) is 0.350. The Balaban J connectivity index is 1.41. The lowest BCUT2D eigenvalue weighted by Gasteiger charge is -2.16. The molecule has 1 aliphatic rings. The molecule has 0 aliphatic carbocycles. The first-order valence-corrected chi connectivity index (χ1v) is 9.09. The Hall–Kier alpha value is -2.89. The zero-order valence-corrected chi connectivity index (χ0v) is 15.0. The number of hydrogen-bond donors (Lipinski definition) is 1. The molecule has 0 spiro atoms. The van der Waals surface area contributed by atoms with Crippen LogP contribution < -0.4 is 10.2 Å². The minimum atomic E-state index is -0.0228. The van der Waals surface area contributed by atoms with Crippen LogP contribution in [0.1, 0.15) is 24.2 Å². The number of para-hydroxylation sites is 1. The smallest absolute Gasteiger partial charge is 0.240 e. The van der Waals surface area contributed by atoms with Gasteiger partial charge in [0.2, 0.25) is 11.9 Å². The molecule has 0 atom stereocenters.